The third kappa shape index (κ3) is 5.34. The fourth-order valence-electron chi connectivity index (χ4n) is 5.62. The van der Waals surface area contributed by atoms with Gasteiger partial charge in [-0.1, -0.05) is 6.07 Å². The van der Waals surface area contributed by atoms with Gasteiger partial charge >= 0.3 is 5.97 Å². The topological polar surface area (TPSA) is 110 Å². The number of hydrogen-bond donors (Lipinski definition) is 1. The number of anilines is 1. The van der Waals surface area contributed by atoms with Gasteiger partial charge in [0.25, 0.3) is 0 Å². The van der Waals surface area contributed by atoms with E-state index in [9.17, 15) is 14.7 Å². The number of pyridine rings is 2. The van der Waals surface area contributed by atoms with E-state index < -0.39 is 12.0 Å². The Morgan fingerprint density at radius 1 is 1.03 bits per heavy atom. The van der Waals surface area contributed by atoms with Gasteiger partial charge in [0.05, 0.1) is 42.7 Å². The summed E-state index contributed by atoms with van der Waals surface area (Å²) in [6, 6.07) is 11.3. The molecule has 39 heavy (non-hydrogen) atoms. The van der Waals surface area contributed by atoms with Crippen molar-refractivity contribution in [1.82, 2.24) is 19.7 Å². The Hall–Kier alpha value is -4.27. The molecule has 4 aromatic rings. The Morgan fingerprint density at radius 3 is 2.77 bits per heavy atom. The smallest absolute Gasteiger partial charge is 0.305 e. The van der Waals surface area contributed by atoms with Gasteiger partial charge in [-0.2, -0.15) is 5.10 Å². The van der Waals surface area contributed by atoms with E-state index >= 15 is 0 Å². The van der Waals surface area contributed by atoms with Crippen molar-refractivity contribution in [2.75, 3.05) is 18.1 Å². The van der Waals surface area contributed by atoms with Crippen LogP contribution in [-0.4, -0.2) is 49.9 Å². The Morgan fingerprint density at radius 2 is 1.92 bits per heavy atom. The van der Waals surface area contributed by atoms with Crippen LogP contribution >= 0.6 is 0 Å². The maximum absolute atomic E-state index is 12.3. The van der Waals surface area contributed by atoms with Gasteiger partial charge in [-0.25, -0.2) is 0 Å². The molecule has 0 unspecified atom stereocenters. The molecule has 2 aliphatic rings. The lowest BCUT2D eigenvalue weighted by molar-refractivity contribution is -0.137. The van der Waals surface area contributed by atoms with Crippen molar-refractivity contribution in [3.63, 3.8) is 0 Å². The number of nitrogens with zero attached hydrogens (tertiary/aromatic N) is 5. The molecule has 9 nitrogen and oxygen atoms in total. The van der Waals surface area contributed by atoms with Crippen LogP contribution in [0.1, 0.15) is 60.7 Å². The molecule has 1 atom stereocenters. The lowest BCUT2D eigenvalue weighted by atomic mass is 9.96. The summed E-state index contributed by atoms with van der Waals surface area (Å²) in [4.78, 5) is 34.9. The highest BCUT2D eigenvalue weighted by Crippen LogP contribution is 2.31. The summed E-state index contributed by atoms with van der Waals surface area (Å²) in [7, 11) is 0. The van der Waals surface area contributed by atoms with Gasteiger partial charge < -0.3 is 14.7 Å². The summed E-state index contributed by atoms with van der Waals surface area (Å²) in [6.45, 7) is 1.16. The van der Waals surface area contributed by atoms with Gasteiger partial charge in [0.1, 0.15) is 5.75 Å². The third-order valence-electron chi connectivity index (χ3n) is 7.61. The summed E-state index contributed by atoms with van der Waals surface area (Å²) >= 11 is 0. The number of carboxylic acids is 1. The van der Waals surface area contributed by atoms with Crippen LogP contribution in [0.2, 0.25) is 0 Å². The number of carbonyl (C=O) groups excluding carboxylic acids is 1. The first kappa shape index (κ1) is 25.0. The average molecular weight is 526 g/mol. The van der Waals surface area contributed by atoms with Crippen molar-refractivity contribution >= 4 is 28.5 Å². The third-order valence-corrected chi connectivity index (χ3v) is 7.61. The summed E-state index contributed by atoms with van der Waals surface area (Å²) in [5.74, 6) is -0.156. The largest absolute Gasteiger partial charge is 0.493 e. The van der Waals surface area contributed by atoms with Gasteiger partial charge in [0, 0.05) is 42.4 Å². The van der Waals surface area contributed by atoms with Crippen LogP contribution in [0.4, 0.5) is 5.69 Å². The van der Waals surface area contributed by atoms with Gasteiger partial charge in [-0.15, -0.1) is 0 Å². The molecule has 1 fully saturated rings. The molecule has 200 valence electrons. The predicted molar refractivity (Wildman–Crippen MR) is 146 cm³/mol. The normalized spacial score (nSPS) is 15.9. The molecule has 6 rings (SSSR count). The molecular weight excluding hydrogens is 494 g/mol. The van der Waals surface area contributed by atoms with Gasteiger partial charge in [-0.05, 0) is 73.6 Å². The second kappa shape index (κ2) is 10.8. The molecule has 1 aliphatic carbocycles. The van der Waals surface area contributed by atoms with Crippen LogP contribution in [0.25, 0.3) is 10.9 Å². The minimum absolute atomic E-state index is 0.0585. The molecule has 3 aromatic heterocycles. The van der Waals surface area contributed by atoms with Crippen molar-refractivity contribution in [1.29, 1.82) is 0 Å². The lowest BCUT2D eigenvalue weighted by Gasteiger charge is -2.20. The Balaban J connectivity index is 1.19. The summed E-state index contributed by atoms with van der Waals surface area (Å²) in [5, 5.41) is 15.1. The monoisotopic (exact) mass is 525 g/mol. The number of fused-ring (bicyclic) bond motifs is 2. The molecule has 1 N–H and O–H groups in total. The van der Waals surface area contributed by atoms with E-state index in [1.54, 1.807) is 28.2 Å². The Kier molecular flexibility index (Phi) is 6.96. The second-order valence-corrected chi connectivity index (χ2v) is 10.3. The molecule has 1 saturated heterocycles. The van der Waals surface area contributed by atoms with Crippen molar-refractivity contribution in [2.24, 2.45) is 0 Å². The zero-order chi connectivity index (χ0) is 26.8. The fraction of sp³-hybridized carbons (Fsp3) is 0.367. The van der Waals surface area contributed by atoms with E-state index in [1.807, 2.05) is 24.3 Å². The zero-order valence-corrected chi connectivity index (χ0v) is 21.8. The van der Waals surface area contributed by atoms with Crippen LogP contribution in [-0.2, 0) is 28.9 Å². The first-order valence-electron chi connectivity index (χ1n) is 13.6. The van der Waals surface area contributed by atoms with E-state index in [0.29, 0.717) is 30.8 Å². The number of rotatable bonds is 9. The van der Waals surface area contributed by atoms with Crippen LogP contribution < -0.4 is 9.64 Å². The number of benzene rings is 1. The molecule has 0 spiro atoms. The van der Waals surface area contributed by atoms with E-state index in [-0.39, 0.29) is 12.3 Å². The molecule has 1 amide bonds. The molecule has 1 aromatic carbocycles. The molecule has 0 bridgehead atoms. The fourth-order valence-corrected chi connectivity index (χ4v) is 5.62. The molecule has 0 radical (unpaired) electrons. The molecule has 1 aliphatic heterocycles. The van der Waals surface area contributed by atoms with Crippen molar-refractivity contribution < 1.29 is 19.4 Å². The number of carboxylic acid groups (broad SMARTS) is 1. The van der Waals surface area contributed by atoms with Crippen LogP contribution in [0.5, 0.6) is 5.75 Å². The van der Waals surface area contributed by atoms with E-state index in [2.05, 4.69) is 22.2 Å². The zero-order valence-electron chi connectivity index (χ0n) is 21.8. The Bertz CT molecular complexity index is 1530. The number of aliphatic carboxylic acids is 1. The second-order valence-electron chi connectivity index (χ2n) is 10.3. The minimum atomic E-state index is -0.943. The van der Waals surface area contributed by atoms with Crippen LogP contribution in [0, 0.1) is 0 Å². The van der Waals surface area contributed by atoms with Crippen LogP contribution in [0.15, 0.2) is 55.0 Å². The minimum Gasteiger partial charge on any atom is -0.493 e. The van der Waals surface area contributed by atoms with Gasteiger partial charge in [-0.3, -0.25) is 24.2 Å². The highest BCUT2D eigenvalue weighted by molar-refractivity contribution is 5.95. The van der Waals surface area contributed by atoms with Gasteiger partial charge in [0.15, 0.2) is 0 Å². The lowest BCUT2D eigenvalue weighted by Crippen LogP contribution is -2.24. The number of amides is 1. The quantitative estimate of drug-likeness (QED) is 0.342. The summed E-state index contributed by atoms with van der Waals surface area (Å²) < 4.78 is 7.76. The van der Waals surface area contributed by atoms with E-state index in [0.717, 1.165) is 48.0 Å². The molecule has 0 saturated carbocycles. The predicted octanol–water partition coefficient (Wildman–Crippen LogP) is 4.52. The summed E-state index contributed by atoms with van der Waals surface area (Å²) in [6.07, 6.45) is 11.5. The van der Waals surface area contributed by atoms with E-state index in [1.165, 1.54) is 24.1 Å². The number of hydrogen-bond acceptors (Lipinski definition) is 6. The van der Waals surface area contributed by atoms with E-state index in [4.69, 9.17) is 9.72 Å². The number of aryl methyl sites for hydroxylation is 2. The standard InChI is InChI=1S/C30H31N5O4/c36-29-6-3-12-34(29)24-14-21(17-31-19-24)28(16-30(37)38)35-27-10-9-25(15-22(27)18-32-35)39-13-11-23-8-7-20-4-1-2-5-26(20)33-23/h7-10,14-15,17-19,28H,1-6,11-13,16H2,(H,37,38)/t28-/m1/s1. The first-order chi connectivity index (χ1) is 19.0. The molecule has 9 heteroatoms. The maximum Gasteiger partial charge on any atom is 0.305 e. The van der Waals surface area contributed by atoms with Crippen LogP contribution in [0.3, 0.4) is 0 Å². The van der Waals surface area contributed by atoms with Gasteiger partial charge in [0.2, 0.25) is 5.91 Å². The summed E-state index contributed by atoms with van der Waals surface area (Å²) in [5.41, 5.74) is 5.83. The highest BCUT2D eigenvalue weighted by atomic mass is 16.5. The molecule has 4 heterocycles. The van der Waals surface area contributed by atoms with Crippen molar-refractivity contribution in [3.8, 4) is 5.75 Å². The number of carbonyl (C=O) groups is 2. The van der Waals surface area contributed by atoms with Crippen molar-refractivity contribution in [2.45, 2.75) is 57.4 Å². The number of ether oxygens (including phenoxy) is 1. The highest BCUT2D eigenvalue weighted by Gasteiger charge is 2.25. The maximum atomic E-state index is 12.3. The first-order valence-corrected chi connectivity index (χ1v) is 13.6. The number of aromatic nitrogens is 4. The SMILES string of the molecule is O=C(O)C[C@H](c1cncc(N2CCCC2=O)c1)n1ncc2cc(OCCc3ccc4c(n3)CCCC4)ccc21. The molecular formula is C30H31N5O4. The van der Waals surface area contributed by atoms with Crippen molar-refractivity contribution in [3.05, 3.63) is 77.5 Å². The Labute approximate surface area is 226 Å². The average Bonchev–Trinajstić information content (AvgIpc) is 3.57.